The molecule has 120 valence electrons. The van der Waals surface area contributed by atoms with Crippen molar-refractivity contribution in [3.63, 3.8) is 0 Å². The molecule has 0 amide bonds. The predicted octanol–water partition coefficient (Wildman–Crippen LogP) is -0.296. The molecule has 1 unspecified atom stereocenters. The highest BCUT2D eigenvalue weighted by atomic mass is 32.2. The van der Waals surface area contributed by atoms with E-state index in [4.69, 9.17) is 0 Å². The monoisotopic (exact) mass is 307 g/mol. The largest absolute Gasteiger partial charge is 0.394 e. The van der Waals surface area contributed by atoms with Crippen molar-refractivity contribution in [2.45, 2.75) is 32.2 Å². The van der Waals surface area contributed by atoms with Gasteiger partial charge < -0.3 is 15.3 Å². The Bertz CT molecular complexity index is 380. The second-order valence-electron chi connectivity index (χ2n) is 5.86. The van der Waals surface area contributed by atoms with Gasteiger partial charge in [-0.2, -0.15) is 4.31 Å². The summed E-state index contributed by atoms with van der Waals surface area (Å²) in [6.45, 7) is 8.79. The van der Waals surface area contributed by atoms with E-state index in [1.165, 1.54) is 6.26 Å². The molecular formula is C13H29N3O3S. The molecular weight excluding hydrogens is 278 g/mol. The maximum Gasteiger partial charge on any atom is 0.211 e. The molecule has 1 saturated heterocycles. The molecule has 0 aromatic rings. The summed E-state index contributed by atoms with van der Waals surface area (Å²) < 4.78 is 24.4. The van der Waals surface area contributed by atoms with Gasteiger partial charge in [-0.05, 0) is 32.9 Å². The fraction of sp³-hybridized carbons (Fsp3) is 1.00. The molecule has 0 spiro atoms. The summed E-state index contributed by atoms with van der Waals surface area (Å²) in [5.74, 6) is 0. The second kappa shape index (κ2) is 7.70. The van der Waals surface area contributed by atoms with E-state index in [0.717, 1.165) is 39.0 Å². The van der Waals surface area contributed by atoms with E-state index in [-0.39, 0.29) is 12.1 Å². The number of likely N-dealkylation sites (N-methyl/N-ethyl adjacent to an activating group) is 1. The summed E-state index contributed by atoms with van der Waals surface area (Å²) >= 11 is 0. The van der Waals surface area contributed by atoms with Crippen LogP contribution < -0.4 is 5.32 Å². The van der Waals surface area contributed by atoms with Crippen molar-refractivity contribution < 1.29 is 13.5 Å². The third-order valence-electron chi connectivity index (χ3n) is 3.96. The van der Waals surface area contributed by atoms with Crippen LogP contribution in [-0.4, -0.2) is 80.4 Å². The maximum absolute atomic E-state index is 11.4. The van der Waals surface area contributed by atoms with E-state index in [1.807, 2.05) is 13.8 Å². The van der Waals surface area contributed by atoms with Crippen LogP contribution in [0.2, 0.25) is 0 Å². The number of aliphatic hydroxyl groups excluding tert-OH is 1. The number of sulfonamides is 1. The van der Waals surface area contributed by atoms with Crippen LogP contribution in [0.1, 0.15) is 26.7 Å². The molecule has 6 nitrogen and oxygen atoms in total. The summed E-state index contributed by atoms with van der Waals surface area (Å²) in [5, 5.41) is 12.7. The van der Waals surface area contributed by atoms with Crippen molar-refractivity contribution in [1.82, 2.24) is 14.5 Å². The quantitative estimate of drug-likeness (QED) is 0.644. The normalized spacial score (nSPS) is 21.8. The Hall–Kier alpha value is -0.210. The lowest BCUT2D eigenvalue weighted by atomic mass is 9.96. The molecule has 0 aromatic heterocycles. The molecule has 0 bridgehead atoms. The van der Waals surface area contributed by atoms with Gasteiger partial charge in [-0.15, -0.1) is 0 Å². The molecule has 1 rings (SSSR count). The lowest BCUT2D eigenvalue weighted by Gasteiger charge is -2.34. The zero-order valence-electron chi connectivity index (χ0n) is 12.9. The van der Waals surface area contributed by atoms with Crippen LogP contribution in [0.5, 0.6) is 0 Å². The Balaban J connectivity index is 2.28. The Labute approximate surface area is 123 Å². The first-order valence-electron chi connectivity index (χ1n) is 7.34. The summed E-state index contributed by atoms with van der Waals surface area (Å²) in [5.41, 5.74) is -0.205. The molecule has 20 heavy (non-hydrogen) atoms. The van der Waals surface area contributed by atoms with E-state index in [9.17, 15) is 13.5 Å². The van der Waals surface area contributed by atoms with Gasteiger partial charge in [-0.25, -0.2) is 8.42 Å². The summed E-state index contributed by atoms with van der Waals surface area (Å²) in [7, 11) is -3.04. The average Bonchev–Trinajstić information content (AvgIpc) is 2.38. The molecule has 2 N–H and O–H groups in total. The second-order valence-corrected chi connectivity index (χ2v) is 7.84. The van der Waals surface area contributed by atoms with E-state index in [2.05, 4.69) is 10.2 Å². The van der Waals surface area contributed by atoms with Crippen LogP contribution >= 0.6 is 0 Å². The summed E-state index contributed by atoms with van der Waals surface area (Å²) in [6, 6.07) is 0. The molecule has 1 fully saturated rings. The molecule has 0 aliphatic carbocycles. The summed E-state index contributed by atoms with van der Waals surface area (Å²) in [6.07, 6.45) is 3.19. The van der Waals surface area contributed by atoms with Gasteiger partial charge in [0.2, 0.25) is 10.0 Å². The van der Waals surface area contributed by atoms with Crippen molar-refractivity contribution in [3.8, 4) is 0 Å². The number of piperazine rings is 1. The molecule has 1 aliphatic rings. The Morgan fingerprint density at radius 1 is 1.25 bits per heavy atom. The van der Waals surface area contributed by atoms with E-state index >= 15 is 0 Å². The number of nitrogens with one attached hydrogen (secondary N) is 1. The molecule has 1 atom stereocenters. The topological polar surface area (TPSA) is 72.9 Å². The van der Waals surface area contributed by atoms with E-state index < -0.39 is 10.0 Å². The number of aliphatic hydroxyl groups is 1. The Kier molecular flexibility index (Phi) is 6.87. The molecule has 0 aromatic carbocycles. The first-order chi connectivity index (χ1) is 9.30. The minimum absolute atomic E-state index is 0.142. The van der Waals surface area contributed by atoms with Crippen molar-refractivity contribution in [1.29, 1.82) is 0 Å². The van der Waals surface area contributed by atoms with Crippen molar-refractivity contribution in [2.75, 3.05) is 52.1 Å². The zero-order chi connectivity index (χ0) is 15.2. The van der Waals surface area contributed by atoms with Gasteiger partial charge in [-0.3, -0.25) is 0 Å². The van der Waals surface area contributed by atoms with Crippen LogP contribution in [0.3, 0.4) is 0 Å². The van der Waals surface area contributed by atoms with Gasteiger partial charge in [0.15, 0.2) is 0 Å². The number of rotatable bonds is 8. The highest BCUT2D eigenvalue weighted by Crippen LogP contribution is 2.13. The number of hydrogen-bond acceptors (Lipinski definition) is 5. The fourth-order valence-electron chi connectivity index (χ4n) is 2.63. The number of hydrogen-bond donors (Lipinski definition) is 2. The molecule has 0 radical (unpaired) electrons. The molecule has 1 aliphatic heterocycles. The van der Waals surface area contributed by atoms with Crippen LogP contribution in [0.25, 0.3) is 0 Å². The van der Waals surface area contributed by atoms with Gasteiger partial charge in [-0.1, -0.05) is 6.92 Å². The van der Waals surface area contributed by atoms with Crippen LogP contribution in [0, 0.1) is 0 Å². The van der Waals surface area contributed by atoms with Crippen molar-refractivity contribution >= 4 is 10.0 Å². The first kappa shape index (κ1) is 17.8. The van der Waals surface area contributed by atoms with Gasteiger partial charge in [0, 0.05) is 31.7 Å². The maximum atomic E-state index is 11.4. The van der Waals surface area contributed by atoms with Gasteiger partial charge in [0.1, 0.15) is 0 Å². The SMILES string of the molecule is CCNC(C)(CO)CCCN1CCN(S(C)(=O)=O)CC1. The molecule has 1 heterocycles. The predicted molar refractivity (Wildman–Crippen MR) is 81.3 cm³/mol. The van der Waals surface area contributed by atoms with Crippen LogP contribution in [0.4, 0.5) is 0 Å². The molecule has 0 saturated carbocycles. The third kappa shape index (κ3) is 5.65. The lowest BCUT2D eigenvalue weighted by molar-refractivity contribution is 0.148. The fourth-order valence-corrected chi connectivity index (χ4v) is 3.45. The minimum atomic E-state index is -3.04. The van der Waals surface area contributed by atoms with E-state index in [0.29, 0.717) is 13.1 Å². The minimum Gasteiger partial charge on any atom is -0.394 e. The standard InChI is InChI=1S/C13H29N3O3S/c1-4-14-13(2,12-17)6-5-7-15-8-10-16(11-9-15)20(3,18)19/h14,17H,4-12H2,1-3H3. The smallest absolute Gasteiger partial charge is 0.211 e. The van der Waals surface area contributed by atoms with Gasteiger partial charge in [0.05, 0.1) is 12.9 Å². The van der Waals surface area contributed by atoms with Crippen molar-refractivity contribution in [3.05, 3.63) is 0 Å². The summed E-state index contributed by atoms with van der Waals surface area (Å²) in [4.78, 5) is 2.30. The molecule has 7 heteroatoms. The van der Waals surface area contributed by atoms with Gasteiger partial charge in [0.25, 0.3) is 0 Å². The average molecular weight is 307 g/mol. The lowest BCUT2D eigenvalue weighted by Crippen LogP contribution is -2.49. The van der Waals surface area contributed by atoms with Crippen molar-refractivity contribution in [2.24, 2.45) is 0 Å². The zero-order valence-corrected chi connectivity index (χ0v) is 13.7. The third-order valence-corrected chi connectivity index (χ3v) is 5.26. The van der Waals surface area contributed by atoms with Crippen LogP contribution in [0.15, 0.2) is 0 Å². The highest BCUT2D eigenvalue weighted by Gasteiger charge is 2.25. The Morgan fingerprint density at radius 3 is 2.30 bits per heavy atom. The van der Waals surface area contributed by atoms with Gasteiger partial charge >= 0.3 is 0 Å². The van der Waals surface area contributed by atoms with Crippen LogP contribution in [-0.2, 0) is 10.0 Å². The van der Waals surface area contributed by atoms with E-state index in [1.54, 1.807) is 4.31 Å². The number of nitrogens with zero attached hydrogens (tertiary/aromatic N) is 2. The Morgan fingerprint density at radius 2 is 1.85 bits per heavy atom. The first-order valence-corrected chi connectivity index (χ1v) is 9.19. The highest BCUT2D eigenvalue weighted by molar-refractivity contribution is 7.88.